The molecule has 3 atom stereocenters. The van der Waals surface area contributed by atoms with Crippen molar-refractivity contribution >= 4 is 11.9 Å². The van der Waals surface area contributed by atoms with Gasteiger partial charge in [0.2, 0.25) is 5.91 Å². The Morgan fingerprint density at radius 1 is 1.20 bits per heavy atom. The maximum absolute atomic E-state index is 12.2. The van der Waals surface area contributed by atoms with Crippen molar-refractivity contribution in [2.45, 2.75) is 19.3 Å². The van der Waals surface area contributed by atoms with Crippen LogP contribution < -0.4 is 0 Å². The Kier molecular flexibility index (Phi) is 3.47. The van der Waals surface area contributed by atoms with Crippen molar-refractivity contribution in [3.05, 3.63) is 35.9 Å². The Balaban J connectivity index is 1.52. The van der Waals surface area contributed by atoms with E-state index in [1.165, 1.54) is 5.56 Å². The van der Waals surface area contributed by atoms with E-state index in [0.717, 1.165) is 25.9 Å². The minimum absolute atomic E-state index is 0.0490. The van der Waals surface area contributed by atoms with Gasteiger partial charge in [0.05, 0.1) is 11.8 Å². The van der Waals surface area contributed by atoms with Crippen LogP contribution in [0.4, 0.5) is 0 Å². The molecule has 1 saturated carbocycles. The van der Waals surface area contributed by atoms with Crippen molar-refractivity contribution in [3.8, 4) is 0 Å². The van der Waals surface area contributed by atoms with Gasteiger partial charge >= 0.3 is 5.97 Å². The van der Waals surface area contributed by atoms with Gasteiger partial charge in [0.25, 0.3) is 0 Å². The number of aliphatic carboxylic acids is 1. The predicted molar refractivity (Wildman–Crippen MR) is 74.1 cm³/mol. The summed E-state index contributed by atoms with van der Waals surface area (Å²) < 4.78 is 0. The summed E-state index contributed by atoms with van der Waals surface area (Å²) in [5.74, 6) is -0.974. The highest BCUT2D eigenvalue weighted by atomic mass is 16.4. The molecule has 1 aliphatic heterocycles. The zero-order valence-corrected chi connectivity index (χ0v) is 11.4. The van der Waals surface area contributed by atoms with E-state index in [0.29, 0.717) is 12.3 Å². The molecule has 0 radical (unpaired) electrons. The molecule has 0 unspecified atom stereocenters. The Morgan fingerprint density at radius 2 is 1.95 bits per heavy atom. The highest BCUT2D eigenvalue weighted by Gasteiger charge is 2.50. The topological polar surface area (TPSA) is 57.6 Å². The predicted octanol–water partition coefficient (Wildman–Crippen LogP) is 1.80. The second-order valence-electron chi connectivity index (χ2n) is 5.92. The average molecular weight is 273 g/mol. The van der Waals surface area contributed by atoms with Crippen LogP contribution in [-0.4, -0.2) is 35.0 Å². The van der Waals surface area contributed by atoms with Crippen molar-refractivity contribution < 1.29 is 14.7 Å². The zero-order valence-electron chi connectivity index (χ0n) is 11.4. The molecule has 1 N–H and O–H groups in total. The fourth-order valence-electron chi connectivity index (χ4n) is 3.12. The zero-order chi connectivity index (χ0) is 14.1. The number of amides is 1. The molecule has 0 spiro atoms. The van der Waals surface area contributed by atoms with E-state index in [2.05, 4.69) is 12.1 Å². The van der Waals surface area contributed by atoms with Crippen LogP contribution in [0.25, 0.3) is 0 Å². The number of carbonyl (C=O) groups is 2. The van der Waals surface area contributed by atoms with Gasteiger partial charge in [-0.2, -0.15) is 0 Å². The summed E-state index contributed by atoms with van der Waals surface area (Å²) in [6, 6.07) is 10.3. The Bertz CT molecular complexity index is 514. The number of benzene rings is 1. The van der Waals surface area contributed by atoms with E-state index in [1.807, 2.05) is 23.1 Å². The number of rotatable bonds is 4. The lowest BCUT2D eigenvalue weighted by Crippen LogP contribution is -2.31. The number of nitrogens with zero attached hydrogens (tertiary/aromatic N) is 1. The third kappa shape index (κ3) is 2.69. The number of carboxylic acid groups (broad SMARTS) is 1. The molecule has 1 saturated heterocycles. The smallest absolute Gasteiger partial charge is 0.307 e. The van der Waals surface area contributed by atoms with Crippen molar-refractivity contribution in [1.29, 1.82) is 0 Å². The molecular formula is C16H19NO3. The summed E-state index contributed by atoms with van der Waals surface area (Å²) in [5, 5.41) is 8.89. The molecule has 2 aliphatic rings. The third-order valence-corrected chi connectivity index (χ3v) is 4.39. The molecule has 0 bridgehead atoms. The fourth-order valence-corrected chi connectivity index (χ4v) is 3.12. The molecule has 3 rings (SSSR count). The summed E-state index contributed by atoms with van der Waals surface area (Å²) in [4.78, 5) is 24.9. The van der Waals surface area contributed by atoms with Crippen LogP contribution >= 0.6 is 0 Å². The van der Waals surface area contributed by atoms with Crippen LogP contribution in [0.5, 0.6) is 0 Å². The minimum atomic E-state index is -0.830. The monoisotopic (exact) mass is 273 g/mol. The fraction of sp³-hybridized carbons (Fsp3) is 0.500. The highest BCUT2D eigenvalue weighted by Crippen LogP contribution is 2.41. The van der Waals surface area contributed by atoms with Gasteiger partial charge in [-0.25, -0.2) is 0 Å². The molecule has 0 aromatic heterocycles. The van der Waals surface area contributed by atoms with E-state index in [-0.39, 0.29) is 11.8 Å². The summed E-state index contributed by atoms with van der Waals surface area (Å²) in [6.07, 6.45) is 2.54. The van der Waals surface area contributed by atoms with Crippen LogP contribution in [0, 0.1) is 17.8 Å². The molecule has 106 valence electrons. The lowest BCUT2D eigenvalue weighted by molar-refractivity contribution is -0.141. The number of carboxylic acids is 1. The number of hydrogen-bond donors (Lipinski definition) is 1. The van der Waals surface area contributed by atoms with Crippen LogP contribution in [0.1, 0.15) is 18.4 Å². The first-order valence-corrected chi connectivity index (χ1v) is 7.20. The molecule has 1 aliphatic carbocycles. The van der Waals surface area contributed by atoms with Crippen LogP contribution in [0.15, 0.2) is 30.3 Å². The Labute approximate surface area is 118 Å². The highest BCUT2D eigenvalue weighted by molar-refractivity contribution is 5.89. The van der Waals surface area contributed by atoms with Gasteiger partial charge in [0.1, 0.15) is 0 Å². The molecule has 1 amide bonds. The number of carbonyl (C=O) groups excluding carboxylic acids is 1. The Hall–Kier alpha value is -1.84. The van der Waals surface area contributed by atoms with Crippen LogP contribution in [0.3, 0.4) is 0 Å². The molecule has 4 nitrogen and oxygen atoms in total. The van der Waals surface area contributed by atoms with Gasteiger partial charge in [-0.1, -0.05) is 30.3 Å². The standard InChI is InChI=1S/C16H19NO3/c18-15(13-9-14(13)16(19)20)17-7-6-12(10-17)8-11-4-2-1-3-5-11/h1-5,12-14H,6-10H2,(H,19,20)/t12-,13-,14+/m0/s1. The molecule has 2 fully saturated rings. The number of likely N-dealkylation sites (tertiary alicyclic amines) is 1. The quantitative estimate of drug-likeness (QED) is 0.910. The third-order valence-electron chi connectivity index (χ3n) is 4.39. The van der Waals surface area contributed by atoms with Crippen molar-refractivity contribution in [2.24, 2.45) is 17.8 Å². The molecule has 1 aromatic carbocycles. The molecule has 4 heteroatoms. The van der Waals surface area contributed by atoms with Gasteiger partial charge < -0.3 is 10.0 Å². The van der Waals surface area contributed by atoms with Crippen LogP contribution in [0.2, 0.25) is 0 Å². The van der Waals surface area contributed by atoms with Crippen molar-refractivity contribution in [1.82, 2.24) is 4.90 Å². The van der Waals surface area contributed by atoms with Crippen LogP contribution in [-0.2, 0) is 16.0 Å². The van der Waals surface area contributed by atoms with Gasteiger partial charge in [0, 0.05) is 13.1 Å². The molecule has 1 heterocycles. The Morgan fingerprint density at radius 3 is 2.60 bits per heavy atom. The largest absolute Gasteiger partial charge is 0.481 e. The summed E-state index contributed by atoms with van der Waals surface area (Å²) in [5.41, 5.74) is 1.31. The van der Waals surface area contributed by atoms with E-state index in [9.17, 15) is 9.59 Å². The summed E-state index contributed by atoms with van der Waals surface area (Å²) in [7, 11) is 0. The van der Waals surface area contributed by atoms with Gasteiger partial charge in [-0.05, 0) is 30.7 Å². The van der Waals surface area contributed by atoms with E-state index in [1.54, 1.807) is 0 Å². The van der Waals surface area contributed by atoms with Crippen molar-refractivity contribution in [2.75, 3.05) is 13.1 Å². The first-order chi connectivity index (χ1) is 9.65. The minimum Gasteiger partial charge on any atom is -0.481 e. The van der Waals surface area contributed by atoms with Gasteiger partial charge in [-0.3, -0.25) is 9.59 Å². The summed E-state index contributed by atoms with van der Waals surface area (Å²) >= 11 is 0. The maximum Gasteiger partial charge on any atom is 0.307 e. The first-order valence-electron chi connectivity index (χ1n) is 7.20. The van der Waals surface area contributed by atoms with E-state index < -0.39 is 11.9 Å². The van der Waals surface area contributed by atoms with Crippen molar-refractivity contribution in [3.63, 3.8) is 0 Å². The van der Waals surface area contributed by atoms with Gasteiger partial charge in [0.15, 0.2) is 0 Å². The maximum atomic E-state index is 12.2. The second-order valence-corrected chi connectivity index (χ2v) is 5.92. The molecule has 20 heavy (non-hydrogen) atoms. The summed E-state index contributed by atoms with van der Waals surface area (Å²) in [6.45, 7) is 1.55. The number of hydrogen-bond acceptors (Lipinski definition) is 2. The van der Waals surface area contributed by atoms with Gasteiger partial charge in [-0.15, -0.1) is 0 Å². The van der Waals surface area contributed by atoms with E-state index >= 15 is 0 Å². The lowest BCUT2D eigenvalue weighted by atomic mass is 9.99. The normalized spacial score (nSPS) is 28.4. The first kappa shape index (κ1) is 13.2. The second kappa shape index (κ2) is 5.27. The lowest BCUT2D eigenvalue weighted by Gasteiger charge is -2.16. The molecule has 1 aromatic rings. The SMILES string of the molecule is O=C(O)[C@@H]1C[C@@H]1C(=O)N1CC[C@@H](Cc2ccccc2)C1. The average Bonchev–Trinajstić information content (AvgIpc) is 3.13. The van der Waals surface area contributed by atoms with E-state index in [4.69, 9.17) is 5.11 Å². The molecular weight excluding hydrogens is 254 g/mol.